The molecule has 3 aromatic rings. The first-order valence-corrected chi connectivity index (χ1v) is 7.15. The van der Waals surface area contributed by atoms with Gasteiger partial charge in [0.05, 0.1) is 18.5 Å². The summed E-state index contributed by atoms with van der Waals surface area (Å²) in [5.74, 6) is 0.795. The van der Waals surface area contributed by atoms with E-state index in [1.807, 2.05) is 48.5 Å². The van der Waals surface area contributed by atoms with Gasteiger partial charge >= 0.3 is 0 Å². The van der Waals surface area contributed by atoms with Crippen LogP contribution in [0.5, 0.6) is 5.75 Å². The first kappa shape index (κ1) is 14.6. The fourth-order valence-corrected chi connectivity index (χ4v) is 2.38. The third-order valence-corrected chi connectivity index (χ3v) is 3.62. The second kappa shape index (κ2) is 6.17. The molecule has 22 heavy (non-hydrogen) atoms. The lowest BCUT2D eigenvalue weighted by molar-refractivity contribution is 0.415. The van der Waals surface area contributed by atoms with E-state index < -0.39 is 0 Å². The Labute approximate surface area is 133 Å². The monoisotopic (exact) mass is 314 g/mol. The van der Waals surface area contributed by atoms with Crippen LogP contribution in [0.4, 0.5) is 0 Å². The highest BCUT2D eigenvalue weighted by Gasteiger charge is 2.15. The molecular formula is C16H15ClN4O. The molecule has 0 aliphatic rings. The van der Waals surface area contributed by atoms with E-state index in [1.165, 1.54) is 0 Å². The molecule has 0 aliphatic heterocycles. The first-order valence-electron chi connectivity index (χ1n) is 6.78. The van der Waals surface area contributed by atoms with Gasteiger partial charge in [-0.1, -0.05) is 16.8 Å². The highest BCUT2D eigenvalue weighted by Crippen LogP contribution is 2.27. The molecule has 1 aromatic heterocycles. The fraction of sp³-hybridized carbons (Fsp3) is 0.125. The molecule has 0 saturated carbocycles. The summed E-state index contributed by atoms with van der Waals surface area (Å²) in [5.41, 5.74) is 9.25. The highest BCUT2D eigenvalue weighted by molar-refractivity contribution is 6.30. The smallest absolute Gasteiger partial charge is 0.118 e. The molecule has 0 spiro atoms. The van der Waals surface area contributed by atoms with Crippen LogP contribution in [-0.4, -0.2) is 22.1 Å². The maximum atomic E-state index is 5.94. The predicted molar refractivity (Wildman–Crippen MR) is 86.2 cm³/mol. The van der Waals surface area contributed by atoms with Gasteiger partial charge in [-0.2, -0.15) is 0 Å². The number of methoxy groups -OCH3 is 1. The van der Waals surface area contributed by atoms with E-state index in [-0.39, 0.29) is 0 Å². The van der Waals surface area contributed by atoms with Crippen molar-refractivity contribution >= 4 is 11.6 Å². The van der Waals surface area contributed by atoms with E-state index in [2.05, 4.69) is 10.3 Å². The molecule has 0 aliphatic carbocycles. The van der Waals surface area contributed by atoms with Gasteiger partial charge in [0.25, 0.3) is 0 Å². The normalized spacial score (nSPS) is 10.7. The SMILES string of the molecule is COc1ccc(-c2c(CN)nnn2-c2ccc(Cl)cc2)cc1. The van der Waals surface area contributed by atoms with Crippen LogP contribution in [0, 0.1) is 0 Å². The van der Waals surface area contributed by atoms with E-state index in [9.17, 15) is 0 Å². The van der Waals surface area contributed by atoms with Crippen molar-refractivity contribution in [2.24, 2.45) is 5.73 Å². The topological polar surface area (TPSA) is 66.0 Å². The van der Waals surface area contributed by atoms with Gasteiger partial charge in [0, 0.05) is 17.1 Å². The summed E-state index contributed by atoms with van der Waals surface area (Å²) in [4.78, 5) is 0. The second-order valence-electron chi connectivity index (χ2n) is 4.71. The van der Waals surface area contributed by atoms with Gasteiger partial charge in [-0.15, -0.1) is 5.10 Å². The van der Waals surface area contributed by atoms with Gasteiger partial charge < -0.3 is 10.5 Å². The van der Waals surface area contributed by atoms with Crippen LogP contribution >= 0.6 is 11.6 Å². The zero-order valence-corrected chi connectivity index (χ0v) is 12.8. The summed E-state index contributed by atoms with van der Waals surface area (Å²) >= 11 is 5.94. The number of aromatic nitrogens is 3. The second-order valence-corrected chi connectivity index (χ2v) is 5.14. The van der Waals surface area contributed by atoms with Crippen molar-refractivity contribution in [3.05, 3.63) is 59.2 Å². The Bertz CT molecular complexity index is 766. The molecule has 0 saturated heterocycles. The number of hydrogen-bond acceptors (Lipinski definition) is 4. The van der Waals surface area contributed by atoms with Crippen LogP contribution in [0.3, 0.4) is 0 Å². The van der Waals surface area contributed by atoms with Crippen molar-refractivity contribution in [1.29, 1.82) is 0 Å². The summed E-state index contributed by atoms with van der Waals surface area (Å²) in [6.07, 6.45) is 0. The van der Waals surface area contributed by atoms with E-state index in [0.717, 1.165) is 28.4 Å². The van der Waals surface area contributed by atoms with Crippen LogP contribution < -0.4 is 10.5 Å². The Balaban J connectivity index is 2.12. The number of nitrogens with zero attached hydrogens (tertiary/aromatic N) is 3. The van der Waals surface area contributed by atoms with E-state index >= 15 is 0 Å². The molecule has 6 heteroatoms. The van der Waals surface area contributed by atoms with Crippen LogP contribution in [0.25, 0.3) is 16.9 Å². The summed E-state index contributed by atoms with van der Waals surface area (Å²) < 4.78 is 6.96. The third-order valence-electron chi connectivity index (χ3n) is 3.37. The number of rotatable bonds is 4. The maximum absolute atomic E-state index is 5.94. The zero-order chi connectivity index (χ0) is 15.5. The van der Waals surface area contributed by atoms with Crippen molar-refractivity contribution in [3.8, 4) is 22.7 Å². The standard InChI is InChI=1S/C16H15ClN4O/c1-22-14-8-2-11(3-9-14)16-15(10-18)19-20-21(16)13-6-4-12(17)5-7-13/h2-9H,10,18H2,1H3. The number of halogens is 1. The average Bonchev–Trinajstić information content (AvgIpc) is 2.99. The maximum Gasteiger partial charge on any atom is 0.118 e. The van der Waals surface area contributed by atoms with Crippen molar-refractivity contribution in [1.82, 2.24) is 15.0 Å². The molecule has 0 radical (unpaired) electrons. The van der Waals surface area contributed by atoms with Crippen LogP contribution in [0.1, 0.15) is 5.69 Å². The van der Waals surface area contributed by atoms with E-state index in [4.69, 9.17) is 22.1 Å². The van der Waals surface area contributed by atoms with Crippen molar-refractivity contribution < 1.29 is 4.74 Å². The molecule has 0 fully saturated rings. The Hall–Kier alpha value is -2.37. The van der Waals surface area contributed by atoms with Gasteiger partial charge in [0.2, 0.25) is 0 Å². The molecule has 2 aromatic carbocycles. The predicted octanol–water partition coefficient (Wildman–Crippen LogP) is 3.06. The largest absolute Gasteiger partial charge is 0.497 e. The fourth-order valence-electron chi connectivity index (χ4n) is 2.25. The van der Waals surface area contributed by atoms with Gasteiger partial charge in [-0.25, -0.2) is 4.68 Å². The van der Waals surface area contributed by atoms with Gasteiger partial charge in [0.15, 0.2) is 0 Å². The molecule has 112 valence electrons. The van der Waals surface area contributed by atoms with Crippen LogP contribution in [0.2, 0.25) is 5.02 Å². The lowest BCUT2D eigenvalue weighted by atomic mass is 10.1. The van der Waals surface area contributed by atoms with Crippen LogP contribution in [0.15, 0.2) is 48.5 Å². The molecule has 3 rings (SSSR count). The third kappa shape index (κ3) is 2.68. The molecule has 0 amide bonds. The summed E-state index contributed by atoms with van der Waals surface area (Å²) in [6.45, 7) is 0.314. The average molecular weight is 315 g/mol. The number of nitrogens with two attached hydrogens (primary N) is 1. The molecule has 0 unspecified atom stereocenters. The van der Waals surface area contributed by atoms with Gasteiger partial charge in [-0.05, 0) is 48.5 Å². The Morgan fingerprint density at radius 2 is 1.77 bits per heavy atom. The van der Waals surface area contributed by atoms with Crippen molar-refractivity contribution in [2.45, 2.75) is 6.54 Å². The number of hydrogen-bond donors (Lipinski definition) is 1. The molecule has 0 bridgehead atoms. The van der Waals surface area contributed by atoms with Gasteiger partial charge in [0.1, 0.15) is 11.4 Å². The minimum atomic E-state index is 0.314. The van der Waals surface area contributed by atoms with Crippen molar-refractivity contribution in [2.75, 3.05) is 7.11 Å². The first-order chi connectivity index (χ1) is 10.7. The summed E-state index contributed by atoms with van der Waals surface area (Å²) in [7, 11) is 1.64. The van der Waals surface area contributed by atoms with Crippen molar-refractivity contribution in [3.63, 3.8) is 0 Å². The minimum Gasteiger partial charge on any atom is -0.497 e. The van der Waals surface area contributed by atoms with E-state index in [0.29, 0.717) is 11.6 Å². The van der Waals surface area contributed by atoms with Crippen LogP contribution in [-0.2, 0) is 6.54 Å². The summed E-state index contributed by atoms with van der Waals surface area (Å²) in [5, 5.41) is 9.07. The van der Waals surface area contributed by atoms with Gasteiger partial charge in [-0.3, -0.25) is 0 Å². The van der Waals surface area contributed by atoms with E-state index in [1.54, 1.807) is 11.8 Å². The Morgan fingerprint density at radius 3 is 2.36 bits per heavy atom. The lowest BCUT2D eigenvalue weighted by Gasteiger charge is -2.09. The lowest BCUT2D eigenvalue weighted by Crippen LogP contribution is -2.02. The zero-order valence-electron chi connectivity index (χ0n) is 12.0. The molecule has 5 nitrogen and oxygen atoms in total. The Kier molecular flexibility index (Phi) is 4.09. The number of benzene rings is 2. The Morgan fingerprint density at radius 1 is 1.09 bits per heavy atom. The quantitative estimate of drug-likeness (QED) is 0.803. The molecule has 1 heterocycles. The summed E-state index contributed by atoms with van der Waals surface area (Å²) in [6, 6.07) is 15.1. The molecular weight excluding hydrogens is 300 g/mol. The molecule has 0 atom stereocenters. The molecule has 2 N–H and O–H groups in total. The number of ether oxygens (including phenoxy) is 1. The minimum absolute atomic E-state index is 0.314. The highest BCUT2D eigenvalue weighted by atomic mass is 35.5.